The number of hydrogen-bond acceptors (Lipinski definition) is 5. The van der Waals surface area contributed by atoms with Gasteiger partial charge in [-0.05, 0) is 23.8 Å². The van der Waals surface area contributed by atoms with Crippen molar-refractivity contribution in [1.29, 1.82) is 0 Å². The third-order valence-electron chi connectivity index (χ3n) is 2.72. The zero-order chi connectivity index (χ0) is 15.5. The molecular weight excluding hydrogens is 297 g/mol. The van der Waals surface area contributed by atoms with Crippen LogP contribution < -0.4 is 15.2 Å². The largest absolute Gasteiger partial charge is 0.481 e. The van der Waals surface area contributed by atoms with Gasteiger partial charge in [0.05, 0.1) is 7.11 Å². The van der Waals surface area contributed by atoms with E-state index >= 15 is 0 Å². The van der Waals surface area contributed by atoms with E-state index in [2.05, 4.69) is 9.71 Å². The molecule has 3 N–H and O–H groups in total. The Balaban J connectivity index is 2.13. The van der Waals surface area contributed by atoms with Crippen molar-refractivity contribution in [2.75, 3.05) is 12.8 Å². The van der Waals surface area contributed by atoms with Gasteiger partial charge in [-0.1, -0.05) is 6.07 Å². The second kappa shape index (κ2) is 6.06. The highest BCUT2D eigenvalue weighted by Gasteiger charge is 2.18. The predicted molar refractivity (Wildman–Crippen MR) is 75.6 cm³/mol. The topological polar surface area (TPSA) is 94.3 Å². The van der Waals surface area contributed by atoms with Crippen LogP contribution in [0.5, 0.6) is 5.88 Å². The standard InChI is InChI=1S/C13H14FN3O3S/c1-20-13-5-2-9(7-16-13)8-17-21(18,19)12-4-3-10(15)6-11(12)14/h2-7,17H,8,15H2,1H3. The molecule has 8 heteroatoms. The molecule has 0 spiro atoms. The lowest BCUT2D eigenvalue weighted by molar-refractivity contribution is 0.397. The first-order valence-electron chi connectivity index (χ1n) is 5.96. The van der Waals surface area contributed by atoms with Gasteiger partial charge in [0, 0.05) is 24.5 Å². The smallest absolute Gasteiger partial charge is 0.243 e. The van der Waals surface area contributed by atoms with Gasteiger partial charge in [-0.15, -0.1) is 0 Å². The van der Waals surface area contributed by atoms with Gasteiger partial charge in [-0.2, -0.15) is 0 Å². The summed E-state index contributed by atoms with van der Waals surface area (Å²) in [6.07, 6.45) is 1.47. The quantitative estimate of drug-likeness (QED) is 0.811. The minimum atomic E-state index is -3.96. The van der Waals surface area contributed by atoms with E-state index in [0.29, 0.717) is 11.4 Å². The van der Waals surface area contributed by atoms with E-state index in [9.17, 15) is 12.8 Å². The maximum Gasteiger partial charge on any atom is 0.243 e. The zero-order valence-electron chi connectivity index (χ0n) is 11.2. The monoisotopic (exact) mass is 311 g/mol. The molecule has 0 fully saturated rings. The van der Waals surface area contributed by atoms with E-state index in [1.54, 1.807) is 12.1 Å². The Labute approximate surface area is 121 Å². The molecule has 0 aliphatic heterocycles. The summed E-state index contributed by atoms with van der Waals surface area (Å²) in [5.74, 6) is -0.471. The minimum Gasteiger partial charge on any atom is -0.481 e. The van der Waals surface area contributed by atoms with Crippen molar-refractivity contribution < 1.29 is 17.5 Å². The normalized spacial score (nSPS) is 11.3. The van der Waals surface area contributed by atoms with Crippen LogP contribution in [0, 0.1) is 5.82 Å². The van der Waals surface area contributed by atoms with E-state index in [-0.39, 0.29) is 12.2 Å². The van der Waals surface area contributed by atoms with Crippen LogP contribution >= 0.6 is 0 Å². The summed E-state index contributed by atoms with van der Waals surface area (Å²) in [6.45, 7) is -0.0108. The summed E-state index contributed by atoms with van der Waals surface area (Å²) >= 11 is 0. The summed E-state index contributed by atoms with van der Waals surface area (Å²) in [4.78, 5) is 3.51. The SMILES string of the molecule is COc1ccc(CNS(=O)(=O)c2ccc(N)cc2F)cn1. The van der Waals surface area contributed by atoms with Gasteiger partial charge >= 0.3 is 0 Å². The molecule has 0 aliphatic rings. The van der Waals surface area contributed by atoms with Crippen LogP contribution in [-0.4, -0.2) is 20.5 Å². The Kier molecular flexibility index (Phi) is 4.39. The molecule has 0 saturated carbocycles. The van der Waals surface area contributed by atoms with Gasteiger partial charge in [-0.3, -0.25) is 0 Å². The van der Waals surface area contributed by atoms with E-state index in [4.69, 9.17) is 10.5 Å². The third-order valence-corrected chi connectivity index (χ3v) is 4.15. The number of sulfonamides is 1. The summed E-state index contributed by atoms with van der Waals surface area (Å²) in [5, 5.41) is 0. The van der Waals surface area contributed by atoms with Gasteiger partial charge in [0.15, 0.2) is 0 Å². The van der Waals surface area contributed by atoms with Crippen LogP contribution in [0.15, 0.2) is 41.4 Å². The van der Waals surface area contributed by atoms with Gasteiger partial charge in [-0.25, -0.2) is 22.5 Å². The summed E-state index contributed by atoms with van der Waals surface area (Å²) < 4.78 is 44.9. The number of ether oxygens (including phenoxy) is 1. The van der Waals surface area contributed by atoms with Crippen molar-refractivity contribution in [3.05, 3.63) is 47.9 Å². The Morgan fingerprint density at radius 1 is 1.33 bits per heavy atom. The Morgan fingerprint density at radius 2 is 2.10 bits per heavy atom. The first-order chi connectivity index (χ1) is 9.92. The van der Waals surface area contributed by atoms with Crippen molar-refractivity contribution in [1.82, 2.24) is 9.71 Å². The molecule has 2 rings (SSSR count). The van der Waals surface area contributed by atoms with Crippen molar-refractivity contribution in [3.8, 4) is 5.88 Å². The van der Waals surface area contributed by atoms with E-state index in [0.717, 1.165) is 12.1 Å². The number of aromatic nitrogens is 1. The fourth-order valence-electron chi connectivity index (χ4n) is 1.63. The van der Waals surface area contributed by atoms with Gasteiger partial charge in [0.25, 0.3) is 0 Å². The molecule has 1 heterocycles. The number of anilines is 1. The minimum absolute atomic E-state index is 0.0108. The average Bonchev–Trinajstić information content (AvgIpc) is 2.45. The molecular formula is C13H14FN3O3S. The van der Waals surface area contributed by atoms with Crippen LogP contribution in [0.2, 0.25) is 0 Å². The third kappa shape index (κ3) is 3.67. The number of hydrogen-bond donors (Lipinski definition) is 2. The summed E-state index contributed by atoms with van der Waals surface area (Å²) in [6, 6.07) is 6.68. The van der Waals surface area contributed by atoms with Gasteiger partial charge in [0.2, 0.25) is 15.9 Å². The Hall–Kier alpha value is -2.19. The number of nitrogens with one attached hydrogen (secondary N) is 1. The Bertz CT molecular complexity index is 733. The molecule has 6 nitrogen and oxygen atoms in total. The van der Waals surface area contributed by atoms with E-state index in [1.165, 1.54) is 19.4 Å². The maximum absolute atomic E-state index is 13.6. The lowest BCUT2D eigenvalue weighted by atomic mass is 10.3. The fourth-order valence-corrected chi connectivity index (χ4v) is 2.70. The molecule has 1 aromatic heterocycles. The van der Waals surface area contributed by atoms with Crippen molar-refractivity contribution in [3.63, 3.8) is 0 Å². The van der Waals surface area contributed by atoms with Gasteiger partial charge in [0.1, 0.15) is 10.7 Å². The van der Waals surface area contributed by atoms with Gasteiger partial charge < -0.3 is 10.5 Å². The van der Waals surface area contributed by atoms with Crippen LogP contribution in [0.4, 0.5) is 10.1 Å². The highest BCUT2D eigenvalue weighted by Crippen LogP contribution is 2.17. The Morgan fingerprint density at radius 3 is 2.67 bits per heavy atom. The number of nitrogens with zero attached hydrogens (tertiary/aromatic N) is 1. The van der Waals surface area contributed by atoms with Crippen molar-refractivity contribution >= 4 is 15.7 Å². The van der Waals surface area contributed by atoms with Crippen LogP contribution in [-0.2, 0) is 16.6 Å². The highest BCUT2D eigenvalue weighted by molar-refractivity contribution is 7.89. The predicted octanol–water partition coefficient (Wildman–Crippen LogP) is 1.29. The van der Waals surface area contributed by atoms with Crippen LogP contribution in [0.3, 0.4) is 0 Å². The molecule has 0 saturated heterocycles. The number of halogens is 1. The lowest BCUT2D eigenvalue weighted by Gasteiger charge is -2.08. The first kappa shape index (κ1) is 15.2. The number of nitrogen functional groups attached to an aromatic ring is 1. The molecule has 1 aromatic carbocycles. The molecule has 0 unspecified atom stereocenters. The number of pyridine rings is 1. The van der Waals surface area contributed by atoms with E-state index in [1.807, 2.05) is 0 Å². The first-order valence-corrected chi connectivity index (χ1v) is 7.44. The molecule has 0 amide bonds. The average molecular weight is 311 g/mol. The molecule has 2 aromatic rings. The van der Waals surface area contributed by atoms with Crippen LogP contribution in [0.1, 0.15) is 5.56 Å². The second-order valence-corrected chi connectivity index (χ2v) is 5.96. The molecule has 0 radical (unpaired) electrons. The molecule has 0 atom stereocenters. The molecule has 112 valence electrons. The van der Waals surface area contributed by atoms with Crippen LogP contribution in [0.25, 0.3) is 0 Å². The number of benzene rings is 1. The number of nitrogens with two attached hydrogens (primary N) is 1. The molecule has 0 bridgehead atoms. The number of methoxy groups -OCH3 is 1. The fraction of sp³-hybridized carbons (Fsp3) is 0.154. The second-order valence-electron chi connectivity index (χ2n) is 4.22. The molecule has 0 aliphatic carbocycles. The van der Waals surface area contributed by atoms with Crippen molar-refractivity contribution in [2.24, 2.45) is 0 Å². The maximum atomic E-state index is 13.6. The summed E-state index contributed by atoms with van der Waals surface area (Å²) in [5.41, 5.74) is 6.17. The zero-order valence-corrected chi connectivity index (χ0v) is 12.0. The van der Waals surface area contributed by atoms with Crippen molar-refractivity contribution in [2.45, 2.75) is 11.4 Å². The highest BCUT2D eigenvalue weighted by atomic mass is 32.2. The lowest BCUT2D eigenvalue weighted by Crippen LogP contribution is -2.24. The molecule has 21 heavy (non-hydrogen) atoms. The van der Waals surface area contributed by atoms with E-state index < -0.39 is 20.7 Å². The summed E-state index contributed by atoms with van der Waals surface area (Å²) in [7, 11) is -2.48. The number of rotatable bonds is 5.